The van der Waals surface area contributed by atoms with Crippen molar-refractivity contribution >= 4 is 33.6 Å². The molecule has 0 aliphatic carbocycles. The Hall–Kier alpha value is -4.31. The molecule has 0 aliphatic rings. The quantitative estimate of drug-likeness (QED) is 0.0146. The summed E-state index contributed by atoms with van der Waals surface area (Å²) in [5.41, 5.74) is 0. The maximum Gasteiger partial charge on any atom is 0.472 e. The number of hydrogen-bond acceptors (Lipinski definition) is 14. The second-order valence-electron chi connectivity index (χ2n) is 30.4. The van der Waals surface area contributed by atoms with Crippen LogP contribution in [0.4, 0.5) is 0 Å². The van der Waals surface area contributed by atoms with Crippen molar-refractivity contribution in [2.75, 3.05) is 39.6 Å². The molecule has 0 aromatic carbocycles. The Morgan fingerprint density at radius 3 is 0.743 bits per heavy atom. The summed E-state index contributed by atoms with van der Waals surface area (Å²) < 4.78 is 61.3. The van der Waals surface area contributed by atoms with Gasteiger partial charge in [-0.15, -0.1) is 0 Å². The first kappa shape index (κ1) is 109. The Balaban J connectivity index is 4.32. The smallest absolute Gasteiger partial charge is 0.463 e. The number of unbranched alkanes of at least 4 members (excludes halogenated alkanes) is 41. The number of aliphatic hydroxyl groups excluding tert-OH is 2. The zero-order valence-corrected chi connectivity index (χ0v) is 73.6. The number of allylic oxidation sites excluding steroid dienone is 22. The second-order valence-corrected chi connectivity index (χ2v) is 33.3. The molecule has 0 amide bonds. The van der Waals surface area contributed by atoms with E-state index in [4.69, 9.17) is 32.3 Å². The van der Waals surface area contributed by atoms with Gasteiger partial charge < -0.3 is 34.2 Å². The molecule has 0 bridgehead atoms. The summed E-state index contributed by atoms with van der Waals surface area (Å²) in [7, 11) is -9.79. The molecule has 0 fully saturated rings. The van der Waals surface area contributed by atoms with E-state index in [1.165, 1.54) is 186 Å². The van der Waals surface area contributed by atoms with Crippen LogP contribution in [0.3, 0.4) is 0 Å². The predicted molar refractivity (Wildman–Crippen MR) is 473 cm³/mol. The van der Waals surface area contributed by atoms with E-state index in [9.17, 15) is 43.5 Å². The number of phosphoric ester groups is 2. The highest BCUT2D eigenvalue weighted by Gasteiger charge is 2.29. The molecule has 0 heterocycles. The normalized spacial score (nSPS) is 14.4. The van der Waals surface area contributed by atoms with Crippen molar-refractivity contribution in [3.05, 3.63) is 134 Å². The van der Waals surface area contributed by atoms with E-state index in [1.807, 2.05) is 0 Å². The van der Waals surface area contributed by atoms with E-state index in [0.29, 0.717) is 19.3 Å². The standard InChI is InChI=1S/C95H166O16P2/c1-4-7-10-13-16-19-22-24-26-28-30-32-34-36-38-40-42-43-44-45-47-49-50-52-54-56-58-60-62-64-67-69-72-75-78-81-93(98)105-84-90(96)85-107-112(101,102)108-86-91(97)87-109-113(103,104)110-89-92(111-95(100)83-80-77-74-71-66-21-18-15-12-9-6-3)88-106-94(99)82-79-76-73-70-68-65-63-61-59-57-55-53-51-48-46-41-39-37-35-33-31-29-27-25-23-20-17-14-11-8-5-2/h7-8,10-11,16-17,19-20,24-27,30-33,36-39,46,48,90-92,96-97H,4-6,9,12-15,18,21-23,28-29,34-35,40-45,47,49-89H2,1-3H3,(H,101,102)(H,103,104)/b10-7-,11-8-,19-16-,20-17-,26-24-,27-25-,32-30-,33-31-,38-36-,39-37-,48-46-. The Bertz CT molecular complexity index is 2580. The molecule has 18 heteroatoms. The van der Waals surface area contributed by atoms with E-state index in [1.54, 1.807) is 0 Å². The summed E-state index contributed by atoms with van der Waals surface area (Å²) in [4.78, 5) is 58.8. The van der Waals surface area contributed by atoms with Crippen LogP contribution in [0.15, 0.2) is 134 Å². The summed E-state index contributed by atoms with van der Waals surface area (Å²) in [5, 5.41) is 20.7. The van der Waals surface area contributed by atoms with E-state index >= 15 is 0 Å². The van der Waals surface area contributed by atoms with Crippen molar-refractivity contribution < 1.29 is 75.8 Å². The Labute approximate surface area is 690 Å². The van der Waals surface area contributed by atoms with Gasteiger partial charge in [0, 0.05) is 19.3 Å². The van der Waals surface area contributed by atoms with Crippen LogP contribution in [-0.2, 0) is 55.8 Å². The minimum Gasteiger partial charge on any atom is -0.463 e. The SMILES string of the molecule is CC/C=C\C/C=C\C/C=C\C/C=C\C/C=C\C/C=C\CCCCCCCCCCCCCCC(=O)OCC(COP(=O)(O)OCC(O)COP(=O)(O)OCC(O)COC(=O)CCCCCCCCCCCCCCCCCCCCC/C=C\C/C=C\C/C=C\C/C=C\C/C=C\CC)OC(=O)CCCCCCCCCCCCC. The van der Waals surface area contributed by atoms with Crippen LogP contribution in [0.1, 0.15) is 393 Å². The van der Waals surface area contributed by atoms with Crippen molar-refractivity contribution in [3.8, 4) is 0 Å². The summed E-state index contributed by atoms with van der Waals surface area (Å²) in [6.07, 6.45) is 108. The highest BCUT2D eigenvalue weighted by molar-refractivity contribution is 7.47. The zero-order chi connectivity index (χ0) is 82.2. The van der Waals surface area contributed by atoms with Crippen molar-refractivity contribution in [2.24, 2.45) is 0 Å². The van der Waals surface area contributed by atoms with Crippen LogP contribution < -0.4 is 0 Å². The van der Waals surface area contributed by atoms with Crippen molar-refractivity contribution in [1.29, 1.82) is 0 Å². The number of ether oxygens (including phenoxy) is 3. The van der Waals surface area contributed by atoms with Gasteiger partial charge in [0.2, 0.25) is 0 Å². The first-order valence-corrected chi connectivity index (χ1v) is 48.5. The van der Waals surface area contributed by atoms with Gasteiger partial charge in [-0.2, -0.15) is 0 Å². The van der Waals surface area contributed by atoms with Crippen molar-refractivity contribution in [1.82, 2.24) is 0 Å². The molecule has 5 unspecified atom stereocenters. The molecule has 0 saturated carbocycles. The van der Waals surface area contributed by atoms with Gasteiger partial charge in [-0.3, -0.25) is 32.5 Å². The molecule has 0 aliphatic heterocycles. The molecular formula is C95H166O16P2. The molecule has 0 aromatic heterocycles. The van der Waals surface area contributed by atoms with Crippen LogP contribution in [0.2, 0.25) is 0 Å². The Morgan fingerprint density at radius 2 is 0.469 bits per heavy atom. The van der Waals surface area contributed by atoms with Gasteiger partial charge in [0.1, 0.15) is 25.4 Å². The molecule has 0 rings (SSSR count). The predicted octanol–water partition coefficient (Wildman–Crippen LogP) is 27.8. The molecule has 0 spiro atoms. The summed E-state index contributed by atoms with van der Waals surface area (Å²) in [6, 6.07) is 0. The summed E-state index contributed by atoms with van der Waals surface area (Å²) in [5.74, 6) is -1.56. The molecule has 0 aromatic rings. The van der Waals surface area contributed by atoms with Gasteiger partial charge >= 0.3 is 33.6 Å². The van der Waals surface area contributed by atoms with Gasteiger partial charge in [0.25, 0.3) is 0 Å². The summed E-state index contributed by atoms with van der Waals surface area (Å²) in [6.45, 7) is 2.50. The van der Waals surface area contributed by atoms with Crippen LogP contribution in [0.5, 0.6) is 0 Å². The third-order valence-corrected chi connectivity index (χ3v) is 21.3. The highest BCUT2D eigenvalue weighted by atomic mass is 31.2. The molecule has 0 saturated heterocycles. The van der Waals surface area contributed by atoms with Crippen LogP contribution >= 0.6 is 15.6 Å². The number of carbonyl (C=O) groups is 3. The third kappa shape index (κ3) is 88.3. The van der Waals surface area contributed by atoms with Gasteiger partial charge in [-0.05, 0) is 116 Å². The average Bonchev–Trinajstić information content (AvgIpc) is 0.897. The largest absolute Gasteiger partial charge is 0.472 e. The fourth-order valence-electron chi connectivity index (χ4n) is 12.5. The molecular weight excluding hydrogens is 1460 g/mol. The zero-order valence-electron chi connectivity index (χ0n) is 71.8. The topological polar surface area (TPSA) is 231 Å². The van der Waals surface area contributed by atoms with E-state index < -0.39 is 91.5 Å². The lowest BCUT2D eigenvalue weighted by Crippen LogP contribution is -2.30. The molecule has 652 valence electrons. The maximum atomic E-state index is 13.0. The van der Waals surface area contributed by atoms with Crippen LogP contribution in [0.25, 0.3) is 0 Å². The van der Waals surface area contributed by atoms with Gasteiger partial charge in [-0.1, -0.05) is 392 Å². The monoisotopic (exact) mass is 1630 g/mol. The maximum absolute atomic E-state index is 13.0. The number of hydrogen-bond donors (Lipinski definition) is 4. The molecule has 0 radical (unpaired) electrons. The van der Waals surface area contributed by atoms with Crippen LogP contribution in [-0.4, -0.2) is 95.9 Å². The lowest BCUT2D eigenvalue weighted by molar-refractivity contribution is -0.161. The van der Waals surface area contributed by atoms with Crippen molar-refractivity contribution in [3.63, 3.8) is 0 Å². The molecule has 4 N–H and O–H groups in total. The van der Waals surface area contributed by atoms with E-state index in [2.05, 4.69) is 154 Å². The van der Waals surface area contributed by atoms with Gasteiger partial charge in [0.05, 0.1) is 26.4 Å². The minimum atomic E-state index is -4.93. The number of phosphoric acid groups is 2. The van der Waals surface area contributed by atoms with Gasteiger partial charge in [-0.25, -0.2) is 9.13 Å². The average molecular weight is 1630 g/mol. The fourth-order valence-corrected chi connectivity index (χ4v) is 14.1. The number of carbonyl (C=O) groups excluding carboxylic acids is 3. The highest BCUT2D eigenvalue weighted by Crippen LogP contribution is 2.45. The molecule has 16 nitrogen and oxygen atoms in total. The number of rotatable bonds is 86. The van der Waals surface area contributed by atoms with E-state index in [0.717, 1.165) is 148 Å². The van der Waals surface area contributed by atoms with Gasteiger partial charge in [0.15, 0.2) is 6.10 Å². The first-order valence-electron chi connectivity index (χ1n) is 45.5. The lowest BCUT2D eigenvalue weighted by atomic mass is 10.0. The molecule has 113 heavy (non-hydrogen) atoms. The third-order valence-electron chi connectivity index (χ3n) is 19.4. The minimum absolute atomic E-state index is 0.107. The first-order chi connectivity index (χ1) is 55.2. The number of aliphatic hydroxyl groups is 2. The van der Waals surface area contributed by atoms with Crippen LogP contribution in [0, 0.1) is 0 Å². The van der Waals surface area contributed by atoms with E-state index in [-0.39, 0.29) is 19.3 Å². The Kier molecular flexibility index (Phi) is 83.7. The summed E-state index contributed by atoms with van der Waals surface area (Å²) >= 11 is 0. The number of esters is 3. The second kappa shape index (κ2) is 87.0. The molecule has 5 atom stereocenters. The Morgan fingerprint density at radius 1 is 0.257 bits per heavy atom. The lowest BCUT2D eigenvalue weighted by Gasteiger charge is -2.21. The van der Waals surface area contributed by atoms with Crippen molar-refractivity contribution in [2.45, 2.75) is 411 Å². The fraction of sp³-hybridized carbons (Fsp3) is 0.737.